The lowest BCUT2D eigenvalue weighted by molar-refractivity contribution is -0.170. The van der Waals surface area contributed by atoms with E-state index >= 15 is 0 Å². The molecule has 5 aliphatic carbocycles. The van der Waals surface area contributed by atoms with E-state index in [-0.39, 0.29) is 57.2 Å². The van der Waals surface area contributed by atoms with E-state index in [9.17, 15) is 19.5 Å². The molecule has 36 heavy (non-hydrogen) atoms. The van der Waals surface area contributed by atoms with Gasteiger partial charge in [-0.05, 0) is 78.6 Å². The highest BCUT2D eigenvalue weighted by Gasteiger charge is 2.68. The lowest BCUT2D eigenvalue weighted by atomic mass is 9.35. The van der Waals surface area contributed by atoms with E-state index in [0.717, 1.165) is 37.7 Å². The van der Waals surface area contributed by atoms with Gasteiger partial charge in [0, 0.05) is 16.7 Å². The molecule has 0 spiro atoms. The molecular weight excluding hydrogens is 450 g/mol. The highest BCUT2D eigenvalue weighted by Crippen LogP contribution is 2.73. The summed E-state index contributed by atoms with van der Waals surface area (Å²) in [6, 6.07) is 0. The minimum atomic E-state index is -0.717. The number of ketones is 2. The third-order valence-electron chi connectivity index (χ3n) is 12.0. The van der Waals surface area contributed by atoms with Gasteiger partial charge in [0.15, 0.2) is 11.6 Å². The molecule has 1 unspecified atom stereocenters. The Kier molecular flexibility index (Phi) is 5.24. The number of fused-ring (bicyclic) bond motifs is 7. The standard InChI is InChI=1S/C31H41NO4/c1-27(2)14-18-17(19(15-27)26(35)36)9-11-31(7)24(18)21(33)13-23-29(5)16-20(32-8)25(34)28(3,4)22(29)10-12-30(23,31)6/h13,16-19,22,24H,9-12,14-15H2,1-7H3,(H,35,36)/t17?,18-,19-,22+,24+,29+,30-,31-/m1/s1. The minimum absolute atomic E-state index is 0.0385. The van der Waals surface area contributed by atoms with Crippen LogP contribution in [-0.4, -0.2) is 22.6 Å². The molecule has 0 bridgehead atoms. The molecule has 194 valence electrons. The average molecular weight is 492 g/mol. The highest BCUT2D eigenvalue weighted by atomic mass is 16.4. The van der Waals surface area contributed by atoms with Gasteiger partial charge in [0.05, 0.1) is 12.5 Å². The van der Waals surface area contributed by atoms with Crippen LogP contribution < -0.4 is 0 Å². The van der Waals surface area contributed by atoms with Gasteiger partial charge in [-0.1, -0.05) is 60.1 Å². The first-order valence-electron chi connectivity index (χ1n) is 13.7. The Labute approximate surface area is 215 Å². The number of hydrogen-bond acceptors (Lipinski definition) is 3. The van der Waals surface area contributed by atoms with Crippen molar-refractivity contribution in [2.45, 2.75) is 87.0 Å². The number of nitrogens with zero attached hydrogens (tertiary/aromatic N) is 1. The molecule has 1 N–H and O–H groups in total. The van der Waals surface area contributed by atoms with E-state index in [1.54, 1.807) is 0 Å². The van der Waals surface area contributed by atoms with Gasteiger partial charge in [0.25, 0.3) is 0 Å². The number of carboxylic acids is 1. The summed E-state index contributed by atoms with van der Waals surface area (Å²) < 4.78 is 0. The molecule has 0 saturated heterocycles. The molecule has 0 aromatic heterocycles. The van der Waals surface area contributed by atoms with Crippen molar-refractivity contribution in [2.24, 2.45) is 56.7 Å². The number of Topliss-reactive ketones (excluding diaryl/α,β-unsaturated/α-hetero) is 1. The maximum Gasteiger partial charge on any atom is 0.306 e. The number of allylic oxidation sites excluding steroid dienone is 4. The second-order valence-corrected chi connectivity index (χ2v) is 14.6. The number of carbonyl (C=O) groups is 3. The second kappa shape index (κ2) is 7.42. The summed E-state index contributed by atoms with van der Waals surface area (Å²) in [5.41, 5.74) is -0.532. The van der Waals surface area contributed by atoms with Gasteiger partial charge in [0.1, 0.15) is 0 Å². The molecule has 3 saturated carbocycles. The topological polar surface area (TPSA) is 75.8 Å². The van der Waals surface area contributed by atoms with Gasteiger partial charge in [0.2, 0.25) is 5.70 Å². The van der Waals surface area contributed by atoms with Gasteiger partial charge in [-0.25, -0.2) is 4.85 Å². The van der Waals surface area contributed by atoms with Crippen LogP contribution in [0.3, 0.4) is 0 Å². The number of hydrogen-bond donors (Lipinski definition) is 1. The zero-order chi connectivity index (χ0) is 26.6. The van der Waals surface area contributed by atoms with Crippen LogP contribution in [-0.2, 0) is 14.4 Å². The Bertz CT molecular complexity index is 1170. The molecule has 5 aliphatic rings. The Hall–Kier alpha value is -2.22. The van der Waals surface area contributed by atoms with Crippen molar-refractivity contribution in [3.63, 3.8) is 0 Å². The van der Waals surface area contributed by atoms with Crippen LogP contribution >= 0.6 is 0 Å². The molecule has 0 aliphatic heterocycles. The van der Waals surface area contributed by atoms with Crippen molar-refractivity contribution in [2.75, 3.05) is 0 Å². The van der Waals surface area contributed by atoms with Crippen LogP contribution in [0.15, 0.2) is 23.4 Å². The molecule has 0 heterocycles. The quantitative estimate of drug-likeness (QED) is 0.425. The molecule has 0 aromatic rings. The van der Waals surface area contributed by atoms with Gasteiger partial charge < -0.3 is 9.90 Å². The average Bonchev–Trinajstić information content (AvgIpc) is 2.76. The summed E-state index contributed by atoms with van der Waals surface area (Å²) in [6.45, 7) is 22.7. The third-order valence-corrected chi connectivity index (χ3v) is 12.0. The van der Waals surface area contributed by atoms with Crippen molar-refractivity contribution in [1.82, 2.24) is 0 Å². The summed E-state index contributed by atoms with van der Waals surface area (Å²) >= 11 is 0. The summed E-state index contributed by atoms with van der Waals surface area (Å²) in [6.07, 6.45) is 8.79. The van der Waals surface area contributed by atoms with Crippen molar-refractivity contribution >= 4 is 17.5 Å². The van der Waals surface area contributed by atoms with Crippen molar-refractivity contribution < 1.29 is 19.5 Å². The first kappa shape index (κ1) is 25.4. The molecule has 0 aromatic carbocycles. The predicted molar refractivity (Wildman–Crippen MR) is 137 cm³/mol. The normalized spacial score (nSPS) is 46.7. The largest absolute Gasteiger partial charge is 0.481 e. The first-order chi connectivity index (χ1) is 16.5. The monoisotopic (exact) mass is 491 g/mol. The van der Waals surface area contributed by atoms with Crippen LogP contribution in [0.4, 0.5) is 0 Å². The number of carboxylic acid groups (broad SMARTS) is 1. The third kappa shape index (κ3) is 3.02. The van der Waals surface area contributed by atoms with Gasteiger partial charge in [-0.15, -0.1) is 0 Å². The smallest absolute Gasteiger partial charge is 0.306 e. The lowest BCUT2D eigenvalue weighted by Gasteiger charge is -2.68. The Morgan fingerprint density at radius 2 is 1.67 bits per heavy atom. The summed E-state index contributed by atoms with van der Waals surface area (Å²) in [4.78, 5) is 43.3. The van der Waals surface area contributed by atoms with E-state index in [1.807, 2.05) is 26.0 Å². The van der Waals surface area contributed by atoms with Crippen molar-refractivity contribution in [1.29, 1.82) is 0 Å². The predicted octanol–water partition coefficient (Wildman–Crippen LogP) is 6.50. The lowest BCUT2D eigenvalue weighted by Crippen LogP contribution is -2.64. The minimum Gasteiger partial charge on any atom is -0.481 e. The molecule has 3 fully saturated rings. The maximum atomic E-state index is 14.2. The zero-order valence-corrected chi connectivity index (χ0v) is 22.9. The number of carbonyl (C=O) groups excluding carboxylic acids is 2. The molecule has 8 atom stereocenters. The highest BCUT2D eigenvalue weighted by molar-refractivity contribution is 6.03. The first-order valence-corrected chi connectivity index (χ1v) is 13.7. The van der Waals surface area contributed by atoms with E-state index in [4.69, 9.17) is 6.57 Å². The van der Waals surface area contributed by atoms with E-state index in [2.05, 4.69) is 39.5 Å². The summed E-state index contributed by atoms with van der Waals surface area (Å²) in [5, 5.41) is 10.1. The second-order valence-electron chi connectivity index (χ2n) is 14.6. The molecule has 5 nitrogen and oxygen atoms in total. The Morgan fingerprint density at radius 3 is 2.28 bits per heavy atom. The van der Waals surface area contributed by atoms with Gasteiger partial charge in [-0.2, -0.15) is 0 Å². The molecule has 5 heteroatoms. The van der Waals surface area contributed by atoms with Crippen LogP contribution in [0.1, 0.15) is 87.0 Å². The van der Waals surface area contributed by atoms with E-state index in [0.29, 0.717) is 6.42 Å². The van der Waals surface area contributed by atoms with Gasteiger partial charge >= 0.3 is 5.97 Å². The summed E-state index contributed by atoms with van der Waals surface area (Å²) in [7, 11) is 0. The fourth-order valence-electron chi connectivity index (χ4n) is 10.2. The van der Waals surface area contributed by atoms with Crippen LogP contribution in [0.2, 0.25) is 0 Å². The van der Waals surface area contributed by atoms with Crippen LogP contribution in [0, 0.1) is 63.2 Å². The van der Waals surface area contributed by atoms with Crippen LogP contribution in [0.25, 0.3) is 4.85 Å². The van der Waals surface area contributed by atoms with Gasteiger partial charge in [-0.3, -0.25) is 9.59 Å². The number of aliphatic carboxylic acids is 1. The molecule has 0 amide bonds. The Morgan fingerprint density at radius 1 is 1.00 bits per heavy atom. The fourth-order valence-corrected chi connectivity index (χ4v) is 10.2. The van der Waals surface area contributed by atoms with E-state index < -0.39 is 22.7 Å². The van der Waals surface area contributed by atoms with Crippen LogP contribution in [0.5, 0.6) is 0 Å². The van der Waals surface area contributed by atoms with Crippen molar-refractivity contribution in [3.8, 4) is 0 Å². The molecular formula is C31H41NO4. The number of rotatable bonds is 1. The Balaban J connectivity index is 1.67. The molecule has 0 radical (unpaired) electrons. The molecule has 5 rings (SSSR count). The fraction of sp³-hybridized carbons (Fsp3) is 0.742. The summed E-state index contributed by atoms with van der Waals surface area (Å²) in [5.74, 6) is -1.09. The van der Waals surface area contributed by atoms with Crippen molar-refractivity contribution in [3.05, 3.63) is 34.8 Å². The zero-order valence-electron chi connectivity index (χ0n) is 22.9. The van der Waals surface area contributed by atoms with E-state index in [1.165, 1.54) is 0 Å². The maximum absolute atomic E-state index is 14.2. The SMILES string of the molecule is [C-]#[N+]C1=C[C@]2(C)C3=CC(=O)[C@@H]4[C@@H]5CC(C)(C)C[C@@H](C(=O)O)C5CC[C@@]4(C)[C@]3(C)CC[C@H]2C(C)(C)C1=O.